The van der Waals surface area contributed by atoms with Gasteiger partial charge in [-0.2, -0.15) is 4.31 Å². The molecule has 0 aliphatic carbocycles. The molecule has 2 saturated heterocycles. The van der Waals surface area contributed by atoms with Crippen molar-refractivity contribution >= 4 is 27.6 Å². The Balaban J connectivity index is 1.32. The van der Waals surface area contributed by atoms with E-state index in [0.29, 0.717) is 26.3 Å². The van der Waals surface area contributed by atoms with Gasteiger partial charge in [-0.3, -0.25) is 4.79 Å². The second-order valence-electron chi connectivity index (χ2n) is 7.64. The molecule has 2 aromatic rings. The Labute approximate surface area is 187 Å². The predicted molar refractivity (Wildman–Crippen MR) is 116 cm³/mol. The summed E-state index contributed by atoms with van der Waals surface area (Å²) < 4.78 is 37.0. The molecule has 32 heavy (non-hydrogen) atoms. The maximum absolute atomic E-state index is 12.6. The topological polar surface area (TPSA) is 106 Å². The third-order valence-corrected chi connectivity index (χ3v) is 7.44. The van der Waals surface area contributed by atoms with Crippen LogP contribution in [0.25, 0.3) is 0 Å². The zero-order valence-corrected chi connectivity index (χ0v) is 18.4. The van der Waals surface area contributed by atoms with Gasteiger partial charge in [0.05, 0.1) is 23.7 Å². The minimum absolute atomic E-state index is 0.152. The molecule has 9 nitrogen and oxygen atoms in total. The van der Waals surface area contributed by atoms with Crippen LogP contribution in [0.3, 0.4) is 0 Å². The highest BCUT2D eigenvalue weighted by molar-refractivity contribution is 7.89. The van der Waals surface area contributed by atoms with E-state index >= 15 is 0 Å². The number of ether oxygens (including phenoxy) is 2. The van der Waals surface area contributed by atoms with Crippen LogP contribution in [0.5, 0.6) is 0 Å². The number of carbonyl (C=O) groups excluding carboxylic acids is 2. The van der Waals surface area contributed by atoms with Gasteiger partial charge in [-0.15, -0.1) is 0 Å². The third kappa shape index (κ3) is 4.98. The third-order valence-electron chi connectivity index (χ3n) is 5.53. The summed E-state index contributed by atoms with van der Waals surface area (Å²) in [6.45, 7) is 3.34. The van der Waals surface area contributed by atoms with Gasteiger partial charge in [-0.1, -0.05) is 0 Å². The molecular weight excluding hydrogens is 434 g/mol. The van der Waals surface area contributed by atoms with Gasteiger partial charge in [0.2, 0.25) is 10.0 Å². The fourth-order valence-corrected chi connectivity index (χ4v) is 5.19. The maximum Gasteiger partial charge on any atom is 0.340 e. The fourth-order valence-electron chi connectivity index (χ4n) is 3.67. The number of benzene rings is 1. The highest BCUT2D eigenvalue weighted by atomic mass is 32.2. The molecule has 0 atom stereocenters. The minimum atomic E-state index is -3.54. The van der Waals surface area contributed by atoms with E-state index in [2.05, 4.69) is 9.88 Å². The van der Waals surface area contributed by atoms with Gasteiger partial charge >= 0.3 is 5.97 Å². The van der Waals surface area contributed by atoms with Gasteiger partial charge < -0.3 is 14.4 Å². The predicted octanol–water partition coefficient (Wildman–Crippen LogP) is 1.74. The molecule has 0 N–H and O–H groups in total. The van der Waals surface area contributed by atoms with Crippen LogP contribution in [-0.4, -0.2) is 75.5 Å². The molecule has 1 aromatic heterocycles. The molecule has 0 unspecified atom stereocenters. The van der Waals surface area contributed by atoms with E-state index in [1.165, 1.54) is 34.8 Å². The lowest BCUT2D eigenvalue weighted by Gasteiger charge is -2.27. The van der Waals surface area contributed by atoms with Gasteiger partial charge in [-0.25, -0.2) is 18.2 Å². The van der Waals surface area contributed by atoms with Crippen molar-refractivity contribution in [1.82, 2.24) is 9.29 Å². The Morgan fingerprint density at radius 2 is 1.59 bits per heavy atom. The summed E-state index contributed by atoms with van der Waals surface area (Å²) in [6.07, 6.45) is 3.13. The first kappa shape index (κ1) is 22.4. The van der Waals surface area contributed by atoms with E-state index in [0.717, 1.165) is 31.7 Å². The first-order valence-electron chi connectivity index (χ1n) is 10.5. The molecule has 3 heterocycles. The Bertz CT molecular complexity index is 1060. The van der Waals surface area contributed by atoms with Crippen molar-refractivity contribution in [2.45, 2.75) is 17.7 Å². The van der Waals surface area contributed by atoms with Crippen molar-refractivity contribution in [2.75, 3.05) is 50.9 Å². The van der Waals surface area contributed by atoms with E-state index in [-0.39, 0.29) is 16.0 Å². The summed E-state index contributed by atoms with van der Waals surface area (Å²) >= 11 is 0. The number of Topliss-reactive ketones (excluding diaryl/α,β-unsaturated/α-hetero) is 1. The van der Waals surface area contributed by atoms with Crippen LogP contribution in [0.1, 0.15) is 33.6 Å². The first-order chi connectivity index (χ1) is 15.4. The van der Waals surface area contributed by atoms with Gasteiger partial charge in [0, 0.05) is 37.9 Å². The highest BCUT2D eigenvalue weighted by Gasteiger charge is 2.27. The van der Waals surface area contributed by atoms with Gasteiger partial charge in [0.25, 0.3) is 0 Å². The lowest BCUT2D eigenvalue weighted by molar-refractivity contribution is 0.0474. The number of carbonyl (C=O) groups is 2. The molecular formula is C22H25N3O6S. The number of hydrogen-bond acceptors (Lipinski definition) is 8. The SMILES string of the molecule is O=C(COC(=O)c1ccc(N2CCOCC2)nc1)c1ccc(S(=O)(=O)N2CCCC2)cc1. The summed E-state index contributed by atoms with van der Waals surface area (Å²) in [5.74, 6) is -0.307. The van der Waals surface area contributed by atoms with Crippen molar-refractivity contribution in [3.8, 4) is 0 Å². The number of sulfonamides is 1. The summed E-state index contributed by atoms with van der Waals surface area (Å²) in [5.41, 5.74) is 0.529. The zero-order valence-electron chi connectivity index (χ0n) is 17.6. The Morgan fingerprint density at radius 3 is 2.22 bits per heavy atom. The molecule has 0 radical (unpaired) electrons. The van der Waals surface area contributed by atoms with E-state index in [1.807, 2.05) is 0 Å². The van der Waals surface area contributed by atoms with Crippen molar-refractivity contribution in [3.63, 3.8) is 0 Å². The monoisotopic (exact) mass is 459 g/mol. The van der Waals surface area contributed by atoms with Crippen molar-refractivity contribution < 1.29 is 27.5 Å². The molecule has 0 spiro atoms. The lowest BCUT2D eigenvalue weighted by atomic mass is 10.1. The van der Waals surface area contributed by atoms with E-state index in [1.54, 1.807) is 12.1 Å². The first-order valence-corrected chi connectivity index (χ1v) is 12.0. The molecule has 4 rings (SSSR count). The smallest absolute Gasteiger partial charge is 0.340 e. The zero-order chi connectivity index (χ0) is 22.6. The molecule has 0 bridgehead atoms. The largest absolute Gasteiger partial charge is 0.454 e. The quantitative estimate of drug-likeness (QED) is 0.455. The van der Waals surface area contributed by atoms with Crippen LogP contribution in [-0.2, 0) is 19.5 Å². The number of anilines is 1. The number of morpholine rings is 1. The van der Waals surface area contributed by atoms with E-state index in [4.69, 9.17) is 9.47 Å². The number of hydrogen-bond donors (Lipinski definition) is 0. The van der Waals surface area contributed by atoms with Crippen molar-refractivity contribution in [3.05, 3.63) is 53.7 Å². The van der Waals surface area contributed by atoms with Crippen molar-refractivity contribution in [2.24, 2.45) is 0 Å². The Morgan fingerprint density at radius 1 is 0.938 bits per heavy atom. The standard InChI is InChI=1S/C22H25N3O6S/c26-20(17-3-6-19(7-4-17)32(28,29)25-9-1-2-10-25)16-31-22(27)18-5-8-21(23-15-18)24-11-13-30-14-12-24/h3-8,15H,1-2,9-14,16H2. The second kappa shape index (κ2) is 9.76. The minimum Gasteiger partial charge on any atom is -0.454 e. The molecule has 170 valence electrons. The summed E-state index contributed by atoms with van der Waals surface area (Å²) in [7, 11) is -3.54. The number of nitrogens with zero attached hydrogens (tertiary/aromatic N) is 3. The van der Waals surface area contributed by atoms with E-state index in [9.17, 15) is 18.0 Å². The van der Waals surface area contributed by atoms with Crippen LogP contribution >= 0.6 is 0 Å². The second-order valence-corrected chi connectivity index (χ2v) is 9.58. The molecule has 0 amide bonds. The normalized spacial score (nSPS) is 17.3. The Hall–Kier alpha value is -2.82. The molecule has 0 saturated carbocycles. The summed E-state index contributed by atoms with van der Waals surface area (Å²) in [6, 6.07) is 9.06. The molecule has 1 aromatic carbocycles. The van der Waals surface area contributed by atoms with Crippen LogP contribution in [0.15, 0.2) is 47.5 Å². The lowest BCUT2D eigenvalue weighted by Crippen LogP contribution is -2.36. The fraction of sp³-hybridized carbons (Fsp3) is 0.409. The van der Waals surface area contributed by atoms with Gasteiger partial charge in [-0.05, 0) is 49.2 Å². The van der Waals surface area contributed by atoms with Crippen LogP contribution < -0.4 is 4.90 Å². The highest BCUT2D eigenvalue weighted by Crippen LogP contribution is 2.21. The molecule has 10 heteroatoms. The van der Waals surface area contributed by atoms with Crippen LogP contribution in [0.2, 0.25) is 0 Å². The summed E-state index contributed by atoms with van der Waals surface area (Å²) in [4.78, 5) is 31.2. The van der Waals surface area contributed by atoms with Gasteiger partial charge in [0.15, 0.2) is 12.4 Å². The van der Waals surface area contributed by atoms with Crippen molar-refractivity contribution in [1.29, 1.82) is 0 Å². The average molecular weight is 460 g/mol. The average Bonchev–Trinajstić information content (AvgIpc) is 3.39. The number of pyridine rings is 1. The molecule has 2 fully saturated rings. The number of aromatic nitrogens is 1. The van der Waals surface area contributed by atoms with E-state index < -0.39 is 28.4 Å². The maximum atomic E-state index is 12.6. The van der Waals surface area contributed by atoms with Crippen LogP contribution in [0.4, 0.5) is 5.82 Å². The molecule has 2 aliphatic heterocycles. The number of ketones is 1. The van der Waals surface area contributed by atoms with Crippen LogP contribution in [0, 0.1) is 0 Å². The number of rotatable bonds is 7. The van der Waals surface area contributed by atoms with Gasteiger partial charge in [0.1, 0.15) is 5.82 Å². The summed E-state index contributed by atoms with van der Waals surface area (Å²) in [5, 5.41) is 0. The Kier molecular flexibility index (Phi) is 6.83. The number of esters is 1. The molecule has 2 aliphatic rings.